The van der Waals surface area contributed by atoms with Crippen molar-refractivity contribution in [2.75, 3.05) is 11.9 Å². The number of carbonyl (C=O) groups excluding carboxylic acids is 2. The molecule has 0 bridgehead atoms. The summed E-state index contributed by atoms with van der Waals surface area (Å²) in [6.45, 7) is 5.61. The fraction of sp³-hybridized carbons (Fsp3) is 0.273. The molecule has 0 aliphatic carbocycles. The van der Waals surface area contributed by atoms with Gasteiger partial charge in [-0.15, -0.1) is 0 Å². The standard InChI is InChI=1S/C22H24N4O3/c1-4-16-8-10-17(11-9-16)25-20(27)14-29-22(28)18-13-24-26(21(18)15(2)3)19-7-5-6-12-23-19/h5-13,15H,4,14H2,1-3H3,(H,25,27). The quantitative estimate of drug-likeness (QED) is 0.619. The van der Waals surface area contributed by atoms with E-state index < -0.39 is 11.9 Å². The van der Waals surface area contributed by atoms with Crippen LogP contribution in [-0.2, 0) is 16.0 Å². The van der Waals surface area contributed by atoms with Gasteiger partial charge in [0.2, 0.25) is 0 Å². The average Bonchev–Trinajstić information content (AvgIpc) is 3.19. The Balaban J connectivity index is 1.67. The molecule has 2 heterocycles. The van der Waals surface area contributed by atoms with Gasteiger partial charge in [-0.3, -0.25) is 4.79 Å². The molecule has 1 N–H and O–H groups in total. The largest absolute Gasteiger partial charge is 0.452 e. The number of ether oxygens (including phenoxy) is 1. The Morgan fingerprint density at radius 1 is 1.14 bits per heavy atom. The molecule has 0 unspecified atom stereocenters. The van der Waals surface area contributed by atoms with E-state index >= 15 is 0 Å². The number of carbonyl (C=O) groups is 2. The fourth-order valence-electron chi connectivity index (χ4n) is 2.96. The third kappa shape index (κ3) is 4.87. The highest BCUT2D eigenvalue weighted by molar-refractivity contribution is 5.96. The van der Waals surface area contributed by atoms with Gasteiger partial charge in [0.1, 0.15) is 5.56 Å². The number of aryl methyl sites for hydroxylation is 1. The summed E-state index contributed by atoms with van der Waals surface area (Å²) in [5, 5.41) is 7.01. The first-order valence-corrected chi connectivity index (χ1v) is 9.54. The lowest BCUT2D eigenvalue weighted by Gasteiger charge is -2.12. The van der Waals surface area contributed by atoms with Gasteiger partial charge in [-0.25, -0.2) is 14.5 Å². The van der Waals surface area contributed by atoms with Gasteiger partial charge in [0.25, 0.3) is 5.91 Å². The second kappa shape index (κ2) is 9.14. The Bertz CT molecular complexity index is 979. The van der Waals surface area contributed by atoms with Gasteiger partial charge in [-0.1, -0.05) is 39.0 Å². The summed E-state index contributed by atoms with van der Waals surface area (Å²) >= 11 is 0. The molecule has 0 saturated carbocycles. The van der Waals surface area contributed by atoms with E-state index in [-0.39, 0.29) is 12.5 Å². The second-order valence-corrected chi connectivity index (χ2v) is 6.87. The Morgan fingerprint density at radius 2 is 1.90 bits per heavy atom. The summed E-state index contributed by atoms with van der Waals surface area (Å²) in [6.07, 6.45) is 4.04. The molecule has 2 aromatic heterocycles. The predicted molar refractivity (Wildman–Crippen MR) is 110 cm³/mol. The first-order chi connectivity index (χ1) is 14.0. The number of nitrogens with one attached hydrogen (secondary N) is 1. The highest BCUT2D eigenvalue weighted by Gasteiger charge is 2.23. The van der Waals surface area contributed by atoms with Crippen LogP contribution in [0.15, 0.2) is 54.9 Å². The molecule has 0 saturated heterocycles. The summed E-state index contributed by atoms with van der Waals surface area (Å²) in [4.78, 5) is 29.0. The van der Waals surface area contributed by atoms with Crippen LogP contribution in [0.1, 0.15) is 48.3 Å². The number of rotatable bonds is 7. The van der Waals surface area contributed by atoms with Crippen LogP contribution in [0, 0.1) is 0 Å². The van der Waals surface area contributed by atoms with E-state index in [0.29, 0.717) is 22.8 Å². The number of anilines is 1. The smallest absolute Gasteiger partial charge is 0.342 e. The number of esters is 1. The fourth-order valence-corrected chi connectivity index (χ4v) is 2.96. The van der Waals surface area contributed by atoms with Gasteiger partial charge in [0.15, 0.2) is 12.4 Å². The molecule has 0 atom stereocenters. The third-order valence-electron chi connectivity index (χ3n) is 4.42. The maximum Gasteiger partial charge on any atom is 0.342 e. The molecule has 1 amide bonds. The lowest BCUT2D eigenvalue weighted by molar-refractivity contribution is -0.119. The topological polar surface area (TPSA) is 86.1 Å². The number of benzene rings is 1. The number of nitrogens with zero attached hydrogens (tertiary/aromatic N) is 3. The molecule has 29 heavy (non-hydrogen) atoms. The van der Waals surface area contributed by atoms with Gasteiger partial charge in [0, 0.05) is 11.9 Å². The first kappa shape index (κ1) is 20.3. The maximum absolute atomic E-state index is 12.6. The number of aromatic nitrogens is 3. The molecular weight excluding hydrogens is 368 g/mol. The van der Waals surface area contributed by atoms with Crippen molar-refractivity contribution in [3.05, 3.63) is 71.7 Å². The molecule has 1 aromatic carbocycles. The van der Waals surface area contributed by atoms with Crippen molar-refractivity contribution in [2.24, 2.45) is 0 Å². The van der Waals surface area contributed by atoms with Crippen molar-refractivity contribution < 1.29 is 14.3 Å². The molecule has 150 valence electrons. The minimum Gasteiger partial charge on any atom is -0.452 e. The molecule has 7 nitrogen and oxygen atoms in total. The minimum absolute atomic E-state index is 0.00737. The van der Waals surface area contributed by atoms with Crippen molar-refractivity contribution in [3.8, 4) is 5.82 Å². The van der Waals surface area contributed by atoms with Crippen LogP contribution in [0.2, 0.25) is 0 Å². The zero-order valence-corrected chi connectivity index (χ0v) is 16.8. The van der Waals surface area contributed by atoms with Crippen LogP contribution in [-0.4, -0.2) is 33.2 Å². The van der Waals surface area contributed by atoms with Gasteiger partial charge in [0.05, 0.1) is 11.9 Å². The van der Waals surface area contributed by atoms with Crippen molar-refractivity contribution in [1.82, 2.24) is 14.8 Å². The average molecular weight is 392 g/mol. The molecule has 0 aliphatic heterocycles. The maximum atomic E-state index is 12.6. The molecule has 0 spiro atoms. The van der Waals surface area contributed by atoms with Crippen LogP contribution >= 0.6 is 0 Å². The van der Waals surface area contributed by atoms with E-state index in [4.69, 9.17) is 4.74 Å². The molecule has 3 aromatic rings. The summed E-state index contributed by atoms with van der Waals surface area (Å²) < 4.78 is 6.84. The van der Waals surface area contributed by atoms with E-state index in [1.165, 1.54) is 11.8 Å². The van der Waals surface area contributed by atoms with Crippen LogP contribution in [0.3, 0.4) is 0 Å². The zero-order valence-electron chi connectivity index (χ0n) is 16.8. The van der Waals surface area contributed by atoms with Crippen LogP contribution in [0.5, 0.6) is 0 Å². The van der Waals surface area contributed by atoms with Crippen molar-refractivity contribution >= 4 is 17.6 Å². The highest BCUT2D eigenvalue weighted by Crippen LogP contribution is 2.23. The molecule has 3 rings (SSSR count). The van der Waals surface area contributed by atoms with Gasteiger partial charge in [-0.05, 0) is 42.2 Å². The zero-order chi connectivity index (χ0) is 20.8. The Hall–Kier alpha value is -3.48. The Labute approximate surface area is 169 Å². The Morgan fingerprint density at radius 3 is 2.52 bits per heavy atom. The molecular formula is C22H24N4O3. The van der Waals surface area contributed by atoms with Crippen molar-refractivity contribution in [1.29, 1.82) is 0 Å². The van der Waals surface area contributed by atoms with E-state index in [1.807, 2.05) is 56.3 Å². The van der Waals surface area contributed by atoms with Crippen LogP contribution in [0.4, 0.5) is 5.69 Å². The SMILES string of the molecule is CCc1ccc(NC(=O)COC(=O)c2cnn(-c3ccccn3)c2C(C)C)cc1. The minimum atomic E-state index is -0.590. The summed E-state index contributed by atoms with van der Waals surface area (Å²) in [6, 6.07) is 13.0. The highest BCUT2D eigenvalue weighted by atomic mass is 16.5. The van der Waals surface area contributed by atoms with Crippen molar-refractivity contribution in [2.45, 2.75) is 33.1 Å². The lowest BCUT2D eigenvalue weighted by atomic mass is 10.1. The van der Waals surface area contributed by atoms with Crippen LogP contribution < -0.4 is 5.32 Å². The summed E-state index contributed by atoms with van der Waals surface area (Å²) in [5.41, 5.74) is 2.85. The monoisotopic (exact) mass is 392 g/mol. The van der Waals surface area contributed by atoms with Crippen molar-refractivity contribution in [3.63, 3.8) is 0 Å². The van der Waals surface area contributed by atoms with Gasteiger partial charge >= 0.3 is 5.97 Å². The second-order valence-electron chi connectivity index (χ2n) is 6.87. The number of amides is 1. The molecule has 7 heteroatoms. The molecule has 0 fully saturated rings. The van der Waals surface area contributed by atoms with E-state index in [9.17, 15) is 9.59 Å². The lowest BCUT2D eigenvalue weighted by Crippen LogP contribution is -2.21. The number of pyridine rings is 1. The molecule has 0 radical (unpaired) electrons. The van der Waals surface area contributed by atoms with Crippen LogP contribution in [0.25, 0.3) is 5.82 Å². The van der Waals surface area contributed by atoms with Gasteiger partial charge in [-0.2, -0.15) is 5.10 Å². The van der Waals surface area contributed by atoms with E-state index in [1.54, 1.807) is 10.9 Å². The number of hydrogen-bond donors (Lipinski definition) is 1. The third-order valence-corrected chi connectivity index (χ3v) is 4.42. The van der Waals surface area contributed by atoms with E-state index in [2.05, 4.69) is 22.3 Å². The first-order valence-electron chi connectivity index (χ1n) is 9.54. The van der Waals surface area contributed by atoms with E-state index in [0.717, 1.165) is 6.42 Å². The Kier molecular flexibility index (Phi) is 6.39. The molecule has 0 aliphatic rings. The normalized spacial score (nSPS) is 10.8. The number of hydrogen-bond acceptors (Lipinski definition) is 5. The predicted octanol–water partition coefficient (Wildman–Crippen LogP) is 3.75. The van der Waals surface area contributed by atoms with Gasteiger partial charge < -0.3 is 10.1 Å². The summed E-state index contributed by atoms with van der Waals surface area (Å²) in [5.74, 6) is -0.366. The summed E-state index contributed by atoms with van der Waals surface area (Å²) in [7, 11) is 0.